The van der Waals surface area contributed by atoms with Crippen molar-refractivity contribution in [2.75, 3.05) is 37.3 Å². The van der Waals surface area contributed by atoms with E-state index < -0.39 is 22.5 Å². The van der Waals surface area contributed by atoms with Crippen LogP contribution < -0.4 is 4.31 Å². The summed E-state index contributed by atoms with van der Waals surface area (Å²) in [6.07, 6.45) is 1.90. The van der Waals surface area contributed by atoms with Crippen LogP contribution >= 0.6 is 34.8 Å². The number of likely N-dealkylation sites (tertiary alicyclic amines) is 1. The molecule has 1 aliphatic rings. The summed E-state index contributed by atoms with van der Waals surface area (Å²) < 4.78 is 30.1. The van der Waals surface area contributed by atoms with E-state index in [1.807, 2.05) is 0 Å². The number of benzene rings is 1. The molecule has 150 valence electrons. The van der Waals surface area contributed by atoms with Crippen LogP contribution in [0.25, 0.3) is 0 Å². The van der Waals surface area contributed by atoms with Crippen LogP contribution in [-0.2, 0) is 24.3 Å². The molecule has 0 unspecified atom stereocenters. The number of carbonyl (C=O) groups excluding carboxylic acids is 2. The van der Waals surface area contributed by atoms with E-state index in [-0.39, 0.29) is 32.6 Å². The first-order chi connectivity index (χ1) is 12.5. The molecule has 0 radical (unpaired) electrons. The molecule has 0 aromatic heterocycles. The van der Waals surface area contributed by atoms with Gasteiger partial charge in [0.2, 0.25) is 15.9 Å². The Morgan fingerprint density at radius 1 is 1.15 bits per heavy atom. The molecule has 1 saturated heterocycles. The largest absolute Gasteiger partial charge is 0.469 e. The van der Waals surface area contributed by atoms with E-state index in [0.29, 0.717) is 25.9 Å². The number of esters is 1. The molecule has 11 heteroatoms. The lowest BCUT2D eigenvalue weighted by Gasteiger charge is -2.32. The average Bonchev–Trinajstić information content (AvgIpc) is 2.61. The van der Waals surface area contributed by atoms with Crippen molar-refractivity contribution in [3.8, 4) is 0 Å². The maximum atomic E-state index is 12.6. The number of halogens is 3. The lowest BCUT2D eigenvalue weighted by atomic mass is 9.97. The SMILES string of the molecule is COC(=O)C1CCN(C(=O)CN(c2cc(Cl)c(Cl)cc2Cl)S(C)(=O)=O)CC1. The van der Waals surface area contributed by atoms with E-state index >= 15 is 0 Å². The number of hydrogen-bond acceptors (Lipinski definition) is 5. The van der Waals surface area contributed by atoms with E-state index in [0.717, 1.165) is 10.6 Å². The van der Waals surface area contributed by atoms with Crippen LogP contribution in [0.2, 0.25) is 15.1 Å². The third kappa shape index (κ3) is 5.40. The van der Waals surface area contributed by atoms with E-state index in [4.69, 9.17) is 39.5 Å². The number of anilines is 1. The van der Waals surface area contributed by atoms with Gasteiger partial charge in [-0.3, -0.25) is 13.9 Å². The van der Waals surface area contributed by atoms with Crippen molar-refractivity contribution < 1.29 is 22.7 Å². The Morgan fingerprint density at radius 3 is 2.22 bits per heavy atom. The second kappa shape index (κ2) is 8.86. The van der Waals surface area contributed by atoms with Crippen molar-refractivity contribution in [1.82, 2.24) is 4.90 Å². The Kier molecular flexibility index (Phi) is 7.24. The third-order valence-corrected chi connectivity index (χ3v) is 6.47. The summed E-state index contributed by atoms with van der Waals surface area (Å²) in [5.41, 5.74) is 0.0753. The van der Waals surface area contributed by atoms with Gasteiger partial charge in [0.25, 0.3) is 0 Å². The van der Waals surface area contributed by atoms with Gasteiger partial charge in [0, 0.05) is 13.1 Å². The number of piperidine rings is 1. The number of rotatable bonds is 5. The molecular formula is C16H19Cl3N2O5S. The van der Waals surface area contributed by atoms with Crippen molar-refractivity contribution >= 4 is 62.4 Å². The number of nitrogens with zero attached hydrogens (tertiary/aromatic N) is 2. The molecule has 1 heterocycles. The van der Waals surface area contributed by atoms with Gasteiger partial charge >= 0.3 is 5.97 Å². The number of methoxy groups -OCH3 is 1. The Bertz CT molecular complexity index is 839. The lowest BCUT2D eigenvalue weighted by molar-refractivity contribution is -0.148. The van der Waals surface area contributed by atoms with Gasteiger partial charge in [0.15, 0.2) is 0 Å². The summed E-state index contributed by atoms with van der Waals surface area (Å²) in [4.78, 5) is 25.7. The smallest absolute Gasteiger partial charge is 0.308 e. The lowest BCUT2D eigenvalue weighted by Crippen LogP contribution is -2.46. The highest BCUT2D eigenvalue weighted by atomic mass is 35.5. The minimum absolute atomic E-state index is 0.0621. The summed E-state index contributed by atoms with van der Waals surface area (Å²) in [6, 6.07) is 2.63. The predicted molar refractivity (Wildman–Crippen MR) is 105 cm³/mol. The van der Waals surface area contributed by atoms with Crippen molar-refractivity contribution in [3.05, 3.63) is 27.2 Å². The zero-order valence-corrected chi connectivity index (χ0v) is 17.8. The molecule has 2 rings (SSSR count). The maximum absolute atomic E-state index is 12.6. The van der Waals surface area contributed by atoms with Crippen molar-refractivity contribution in [3.63, 3.8) is 0 Å². The van der Waals surface area contributed by atoms with Crippen LogP contribution in [0.3, 0.4) is 0 Å². The minimum Gasteiger partial charge on any atom is -0.469 e. The molecule has 1 amide bonds. The topological polar surface area (TPSA) is 84.0 Å². The van der Waals surface area contributed by atoms with Gasteiger partial charge in [0.05, 0.1) is 40.0 Å². The molecule has 0 N–H and O–H groups in total. The quantitative estimate of drug-likeness (QED) is 0.501. The number of ether oxygens (including phenoxy) is 1. The molecule has 27 heavy (non-hydrogen) atoms. The standard InChI is InChI=1S/C16H19Cl3N2O5S/c1-26-16(23)10-3-5-20(6-4-10)15(22)9-21(27(2,24)25)14-8-12(18)11(17)7-13(14)19/h7-8,10H,3-6,9H2,1-2H3. The van der Waals surface area contributed by atoms with Crippen molar-refractivity contribution in [2.24, 2.45) is 5.92 Å². The fraction of sp³-hybridized carbons (Fsp3) is 0.500. The van der Waals surface area contributed by atoms with Crippen LogP contribution in [0.5, 0.6) is 0 Å². The summed E-state index contributed by atoms with van der Waals surface area (Å²) >= 11 is 18.0. The highest BCUT2D eigenvalue weighted by Crippen LogP contribution is 2.35. The molecule has 0 aliphatic carbocycles. The van der Waals surface area contributed by atoms with E-state index in [9.17, 15) is 18.0 Å². The predicted octanol–water partition coefficient (Wildman–Crippen LogP) is 2.82. The van der Waals surface area contributed by atoms with Crippen LogP contribution in [0, 0.1) is 5.92 Å². The van der Waals surface area contributed by atoms with Gasteiger partial charge in [-0.25, -0.2) is 8.42 Å². The van der Waals surface area contributed by atoms with Crippen LogP contribution in [0.15, 0.2) is 12.1 Å². The van der Waals surface area contributed by atoms with Gasteiger partial charge < -0.3 is 9.64 Å². The minimum atomic E-state index is -3.81. The Hall–Kier alpha value is -1.22. The highest BCUT2D eigenvalue weighted by Gasteiger charge is 2.31. The normalized spacial score (nSPS) is 15.5. The Balaban J connectivity index is 2.18. The number of carbonyl (C=O) groups is 2. The van der Waals surface area contributed by atoms with E-state index in [1.165, 1.54) is 24.1 Å². The molecule has 1 aliphatic heterocycles. The number of hydrogen-bond donors (Lipinski definition) is 0. The first-order valence-corrected chi connectivity index (χ1v) is 11.0. The Labute approximate surface area is 173 Å². The molecule has 1 aromatic carbocycles. The number of sulfonamides is 1. The molecule has 7 nitrogen and oxygen atoms in total. The summed E-state index contributed by atoms with van der Waals surface area (Å²) in [6.45, 7) is 0.246. The summed E-state index contributed by atoms with van der Waals surface area (Å²) in [5, 5.41) is 0.359. The monoisotopic (exact) mass is 456 g/mol. The molecule has 1 fully saturated rings. The fourth-order valence-electron chi connectivity index (χ4n) is 2.84. The molecule has 0 saturated carbocycles. The second-order valence-corrected chi connectivity index (χ2v) is 9.29. The number of amides is 1. The fourth-order valence-corrected chi connectivity index (χ4v) is 4.38. The maximum Gasteiger partial charge on any atom is 0.308 e. The van der Waals surface area contributed by atoms with Gasteiger partial charge in [-0.15, -0.1) is 0 Å². The van der Waals surface area contributed by atoms with Gasteiger partial charge in [0.1, 0.15) is 6.54 Å². The van der Waals surface area contributed by atoms with Crippen LogP contribution in [0.1, 0.15) is 12.8 Å². The van der Waals surface area contributed by atoms with E-state index in [2.05, 4.69) is 0 Å². The second-order valence-electron chi connectivity index (χ2n) is 6.17. The molecule has 0 atom stereocenters. The molecular weight excluding hydrogens is 439 g/mol. The highest BCUT2D eigenvalue weighted by molar-refractivity contribution is 7.92. The third-order valence-electron chi connectivity index (χ3n) is 4.32. The van der Waals surface area contributed by atoms with Crippen LogP contribution in [-0.4, -0.2) is 58.2 Å². The van der Waals surface area contributed by atoms with Crippen LogP contribution in [0.4, 0.5) is 5.69 Å². The van der Waals surface area contributed by atoms with Crippen molar-refractivity contribution in [2.45, 2.75) is 12.8 Å². The molecule has 0 bridgehead atoms. The first-order valence-electron chi connectivity index (χ1n) is 8.02. The Morgan fingerprint density at radius 2 is 1.70 bits per heavy atom. The molecule has 1 aromatic rings. The summed E-state index contributed by atoms with van der Waals surface area (Å²) in [7, 11) is -2.48. The van der Waals surface area contributed by atoms with E-state index in [1.54, 1.807) is 0 Å². The van der Waals surface area contributed by atoms with Gasteiger partial charge in [-0.05, 0) is 25.0 Å². The summed E-state index contributed by atoms with van der Waals surface area (Å²) in [5.74, 6) is -0.956. The zero-order chi connectivity index (χ0) is 20.4. The zero-order valence-electron chi connectivity index (χ0n) is 14.7. The average molecular weight is 458 g/mol. The van der Waals surface area contributed by atoms with Gasteiger partial charge in [-0.1, -0.05) is 34.8 Å². The van der Waals surface area contributed by atoms with Gasteiger partial charge in [-0.2, -0.15) is 0 Å². The first kappa shape index (κ1) is 22.1. The molecule has 0 spiro atoms. The van der Waals surface area contributed by atoms with Crippen molar-refractivity contribution in [1.29, 1.82) is 0 Å².